The highest BCUT2D eigenvalue weighted by molar-refractivity contribution is 9.10. The van der Waals surface area contributed by atoms with Crippen molar-refractivity contribution >= 4 is 33.1 Å². The molecule has 0 aliphatic carbocycles. The summed E-state index contributed by atoms with van der Waals surface area (Å²) in [6.45, 7) is 0. The maximum absolute atomic E-state index is 13.1. The van der Waals surface area contributed by atoms with Crippen LogP contribution in [0, 0.1) is 5.82 Å². The summed E-state index contributed by atoms with van der Waals surface area (Å²) in [7, 11) is 0. The molecule has 1 aromatic heterocycles. The van der Waals surface area contributed by atoms with Crippen LogP contribution in [0.4, 0.5) is 4.39 Å². The second-order valence-corrected chi connectivity index (χ2v) is 3.33. The van der Waals surface area contributed by atoms with Gasteiger partial charge in [0, 0.05) is 15.9 Å². The van der Waals surface area contributed by atoms with Gasteiger partial charge in [-0.2, -0.15) is 5.10 Å². The van der Waals surface area contributed by atoms with Gasteiger partial charge in [-0.3, -0.25) is 9.89 Å². The lowest BCUT2D eigenvalue weighted by atomic mass is 10.2. The number of aromatic nitrogens is 2. The van der Waals surface area contributed by atoms with Crippen molar-refractivity contribution in [3.05, 3.63) is 28.1 Å². The number of hydrogen-bond donors (Lipinski definition) is 1. The molecule has 0 aliphatic rings. The average molecular weight is 243 g/mol. The topological polar surface area (TPSA) is 45.8 Å². The Morgan fingerprint density at radius 2 is 2.38 bits per heavy atom. The van der Waals surface area contributed by atoms with Gasteiger partial charge >= 0.3 is 0 Å². The number of aromatic amines is 1. The first-order valence-electron chi connectivity index (χ1n) is 3.50. The molecule has 1 heterocycles. The van der Waals surface area contributed by atoms with Crippen LogP contribution >= 0.6 is 15.9 Å². The van der Waals surface area contributed by atoms with E-state index in [2.05, 4.69) is 26.1 Å². The number of nitrogens with zero attached hydrogens (tertiary/aromatic N) is 1. The van der Waals surface area contributed by atoms with Gasteiger partial charge in [0.05, 0.1) is 17.3 Å². The minimum atomic E-state index is -0.557. The van der Waals surface area contributed by atoms with Gasteiger partial charge in [-0.1, -0.05) is 0 Å². The molecule has 2 rings (SSSR count). The van der Waals surface area contributed by atoms with Crippen molar-refractivity contribution in [2.24, 2.45) is 0 Å². The summed E-state index contributed by atoms with van der Waals surface area (Å²) in [5.41, 5.74) is 0.587. The van der Waals surface area contributed by atoms with Gasteiger partial charge in [0.1, 0.15) is 5.82 Å². The molecule has 0 radical (unpaired) electrons. The number of fused-ring (bicyclic) bond motifs is 1. The smallest absolute Gasteiger partial charge is 0.154 e. The number of carbonyl (C=O) groups excluding carboxylic acids is 1. The molecular formula is C8H4BrFN2O. The van der Waals surface area contributed by atoms with Crippen LogP contribution in [0.1, 0.15) is 10.4 Å². The number of rotatable bonds is 1. The van der Waals surface area contributed by atoms with Crippen LogP contribution in [0.2, 0.25) is 0 Å². The Morgan fingerprint density at radius 3 is 3.08 bits per heavy atom. The molecule has 5 heteroatoms. The summed E-state index contributed by atoms with van der Waals surface area (Å²) < 4.78 is 13.6. The first kappa shape index (κ1) is 8.37. The first-order chi connectivity index (χ1) is 6.24. The summed E-state index contributed by atoms with van der Waals surface area (Å²) in [6, 6.07) is 1.25. The Labute approximate surface area is 81.1 Å². The first-order valence-corrected chi connectivity index (χ1v) is 4.29. The number of nitrogens with one attached hydrogen (secondary N) is 1. The lowest BCUT2D eigenvalue weighted by molar-refractivity contribution is 0.111. The second-order valence-electron chi connectivity index (χ2n) is 2.54. The zero-order valence-electron chi connectivity index (χ0n) is 6.34. The number of aldehydes is 1. The van der Waals surface area contributed by atoms with Crippen LogP contribution in [0.3, 0.4) is 0 Å². The Balaban J connectivity index is 2.92. The molecule has 0 saturated heterocycles. The summed E-state index contributed by atoms with van der Waals surface area (Å²) >= 11 is 3.14. The summed E-state index contributed by atoms with van der Waals surface area (Å²) in [5, 5.41) is 7.06. The zero-order chi connectivity index (χ0) is 9.42. The molecule has 0 amide bonds. The molecule has 13 heavy (non-hydrogen) atoms. The maximum atomic E-state index is 13.1. The number of carbonyl (C=O) groups is 1. The van der Waals surface area contributed by atoms with E-state index in [9.17, 15) is 9.18 Å². The van der Waals surface area contributed by atoms with Crippen LogP contribution in [-0.4, -0.2) is 16.5 Å². The molecule has 0 aliphatic heterocycles. The third kappa shape index (κ3) is 1.16. The van der Waals surface area contributed by atoms with E-state index in [1.54, 1.807) is 0 Å². The molecule has 0 fully saturated rings. The maximum Gasteiger partial charge on any atom is 0.154 e. The van der Waals surface area contributed by atoms with E-state index in [0.29, 0.717) is 21.7 Å². The van der Waals surface area contributed by atoms with Gasteiger partial charge < -0.3 is 0 Å². The van der Waals surface area contributed by atoms with Crippen molar-refractivity contribution in [2.45, 2.75) is 0 Å². The lowest BCUT2D eigenvalue weighted by Gasteiger charge is -1.98. The molecule has 1 aromatic carbocycles. The molecule has 3 nitrogen and oxygen atoms in total. The van der Waals surface area contributed by atoms with Crippen molar-refractivity contribution in [1.29, 1.82) is 0 Å². The summed E-state index contributed by atoms with van der Waals surface area (Å²) in [6.07, 6.45) is 2.01. The largest absolute Gasteiger partial charge is 0.298 e. The van der Waals surface area contributed by atoms with Crippen LogP contribution in [0.5, 0.6) is 0 Å². The molecule has 0 bridgehead atoms. The van der Waals surface area contributed by atoms with Crippen LogP contribution in [0.15, 0.2) is 16.7 Å². The van der Waals surface area contributed by atoms with Crippen LogP contribution in [-0.2, 0) is 0 Å². The van der Waals surface area contributed by atoms with E-state index in [4.69, 9.17) is 0 Å². The molecule has 66 valence electrons. The van der Waals surface area contributed by atoms with Gasteiger partial charge in [0.2, 0.25) is 0 Å². The Morgan fingerprint density at radius 1 is 1.62 bits per heavy atom. The van der Waals surface area contributed by atoms with E-state index in [1.807, 2.05) is 0 Å². The fourth-order valence-electron chi connectivity index (χ4n) is 1.14. The number of halogens is 2. The summed E-state index contributed by atoms with van der Waals surface area (Å²) in [5.74, 6) is -0.557. The van der Waals surface area contributed by atoms with E-state index in [-0.39, 0.29) is 5.56 Å². The van der Waals surface area contributed by atoms with Gasteiger partial charge in [-0.25, -0.2) is 4.39 Å². The van der Waals surface area contributed by atoms with Gasteiger partial charge in [-0.05, 0) is 15.9 Å². The van der Waals surface area contributed by atoms with Crippen molar-refractivity contribution < 1.29 is 9.18 Å². The van der Waals surface area contributed by atoms with Crippen LogP contribution in [0.25, 0.3) is 10.9 Å². The highest BCUT2D eigenvalue weighted by atomic mass is 79.9. The van der Waals surface area contributed by atoms with E-state index in [1.165, 1.54) is 12.3 Å². The molecular weight excluding hydrogens is 239 g/mol. The van der Waals surface area contributed by atoms with Gasteiger partial charge in [0.15, 0.2) is 6.29 Å². The highest BCUT2D eigenvalue weighted by Gasteiger charge is 2.11. The van der Waals surface area contributed by atoms with Crippen molar-refractivity contribution in [3.63, 3.8) is 0 Å². The van der Waals surface area contributed by atoms with Crippen molar-refractivity contribution in [3.8, 4) is 0 Å². The van der Waals surface area contributed by atoms with Crippen LogP contribution < -0.4 is 0 Å². The van der Waals surface area contributed by atoms with Crippen molar-refractivity contribution in [1.82, 2.24) is 10.2 Å². The quantitative estimate of drug-likeness (QED) is 0.781. The fraction of sp³-hybridized carbons (Fsp3) is 0. The van der Waals surface area contributed by atoms with E-state index >= 15 is 0 Å². The van der Waals surface area contributed by atoms with Gasteiger partial charge in [0.25, 0.3) is 0 Å². The SMILES string of the molecule is O=Cc1c(F)cc2[nH]ncc2c1Br. The molecule has 2 aromatic rings. The third-order valence-electron chi connectivity index (χ3n) is 1.79. The van der Waals surface area contributed by atoms with Crippen molar-refractivity contribution in [2.75, 3.05) is 0 Å². The number of hydrogen-bond acceptors (Lipinski definition) is 2. The Hall–Kier alpha value is -1.23. The normalized spacial score (nSPS) is 10.6. The predicted octanol–water partition coefficient (Wildman–Crippen LogP) is 2.28. The third-order valence-corrected chi connectivity index (χ3v) is 2.64. The standard InChI is InChI=1S/C8H4BrFN2O/c9-8-4-2-11-12-7(4)1-6(10)5(8)3-13/h1-3H,(H,11,12). The number of benzene rings is 1. The average Bonchev–Trinajstić information content (AvgIpc) is 2.53. The molecule has 0 saturated carbocycles. The monoisotopic (exact) mass is 242 g/mol. The zero-order valence-corrected chi connectivity index (χ0v) is 7.93. The minimum Gasteiger partial charge on any atom is -0.298 e. The predicted molar refractivity (Wildman–Crippen MR) is 49.1 cm³/mol. The minimum absolute atomic E-state index is 0.0221. The van der Waals surface area contributed by atoms with E-state index < -0.39 is 5.82 Å². The fourth-order valence-corrected chi connectivity index (χ4v) is 1.74. The molecule has 0 spiro atoms. The van der Waals surface area contributed by atoms with E-state index in [0.717, 1.165) is 0 Å². The Bertz CT molecular complexity index is 480. The Kier molecular flexibility index (Phi) is 1.88. The second kappa shape index (κ2) is 2.92. The molecule has 1 N–H and O–H groups in total. The number of H-pyrrole nitrogens is 1. The summed E-state index contributed by atoms with van der Waals surface area (Å²) in [4.78, 5) is 10.5. The van der Waals surface area contributed by atoms with Gasteiger partial charge in [-0.15, -0.1) is 0 Å². The highest BCUT2D eigenvalue weighted by Crippen LogP contribution is 2.27. The lowest BCUT2D eigenvalue weighted by Crippen LogP contribution is -1.89. The molecule has 0 unspecified atom stereocenters. The molecule has 0 atom stereocenters.